The lowest BCUT2D eigenvalue weighted by Gasteiger charge is -2.39. The first-order valence-electron chi connectivity index (χ1n) is 11.4. The van der Waals surface area contributed by atoms with Crippen molar-refractivity contribution < 1.29 is 24.2 Å². The molecule has 1 fully saturated rings. The van der Waals surface area contributed by atoms with Gasteiger partial charge in [-0.3, -0.25) is 4.79 Å². The molecule has 180 valence electrons. The molecule has 0 radical (unpaired) electrons. The summed E-state index contributed by atoms with van der Waals surface area (Å²) in [5.74, 6) is -0.513. The summed E-state index contributed by atoms with van der Waals surface area (Å²) in [4.78, 5) is 39.3. The molecule has 1 unspecified atom stereocenters. The van der Waals surface area contributed by atoms with Crippen LogP contribution in [0.3, 0.4) is 0 Å². The molecule has 2 N–H and O–H groups in total. The van der Waals surface area contributed by atoms with E-state index in [1.807, 2.05) is 57.2 Å². The van der Waals surface area contributed by atoms with E-state index >= 15 is 0 Å². The van der Waals surface area contributed by atoms with Crippen molar-refractivity contribution in [1.82, 2.24) is 10.2 Å². The number of amides is 2. The molecule has 0 aromatic heterocycles. The van der Waals surface area contributed by atoms with Gasteiger partial charge in [0.15, 0.2) is 0 Å². The Morgan fingerprint density at radius 2 is 1.68 bits per heavy atom. The zero-order valence-corrected chi connectivity index (χ0v) is 20.4. The van der Waals surface area contributed by atoms with Gasteiger partial charge in [0, 0.05) is 24.0 Å². The highest BCUT2D eigenvalue weighted by atomic mass is 32.2. The van der Waals surface area contributed by atoms with Gasteiger partial charge in [0.25, 0.3) is 0 Å². The minimum atomic E-state index is -1.03. The summed E-state index contributed by atoms with van der Waals surface area (Å²) in [7, 11) is 0. The van der Waals surface area contributed by atoms with Gasteiger partial charge in [-0.15, -0.1) is 0 Å². The molecule has 2 atom stereocenters. The zero-order valence-electron chi connectivity index (χ0n) is 19.6. The second-order valence-corrected chi connectivity index (χ2v) is 10.9. The SMILES string of the molecule is CC(C)(C)[C@H](NC(=O)OCC1c2ccccc2-c2ccccc21)C(=O)N1CCSCC1C(=O)O. The van der Waals surface area contributed by atoms with E-state index in [9.17, 15) is 19.5 Å². The van der Waals surface area contributed by atoms with Crippen molar-refractivity contribution in [1.29, 1.82) is 0 Å². The first-order valence-corrected chi connectivity index (χ1v) is 12.6. The molecule has 0 spiro atoms. The maximum Gasteiger partial charge on any atom is 0.407 e. The normalized spacial score (nSPS) is 18.6. The number of alkyl carbamates (subject to hydrolysis) is 1. The summed E-state index contributed by atoms with van der Waals surface area (Å²) in [6.45, 7) is 6.00. The molecule has 4 rings (SSSR count). The molecule has 0 bridgehead atoms. The van der Waals surface area contributed by atoms with Gasteiger partial charge >= 0.3 is 12.1 Å². The third-order valence-corrected chi connectivity index (χ3v) is 7.44. The predicted molar refractivity (Wildman–Crippen MR) is 132 cm³/mol. The van der Waals surface area contributed by atoms with Gasteiger partial charge in [-0.1, -0.05) is 69.3 Å². The third-order valence-electron chi connectivity index (χ3n) is 6.42. The Bertz CT molecular complexity index is 1050. The second-order valence-electron chi connectivity index (χ2n) is 9.73. The molecule has 2 aromatic carbocycles. The van der Waals surface area contributed by atoms with Crippen LogP contribution in [0.1, 0.15) is 37.8 Å². The summed E-state index contributed by atoms with van der Waals surface area (Å²) in [5.41, 5.74) is 3.86. The maximum absolute atomic E-state index is 13.4. The van der Waals surface area contributed by atoms with E-state index in [1.165, 1.54) is 16.7 Å². The van der Waals surface area contributed by atoms with Crippen LogP contribution in [0.4, 0.5) is 4.79 Å². The van der Waals surface area contributed by atoms with Crippen molar-refractivity contribution in [2.75, 3.05) is 24.7 Å². The number of carboxylic acids is 1. The number of carbonyl (C=O) groups excluding carboxylic acids is 2. The van der Waals surface area contributed by atoms with Gasteiger partial charge in [0.1, 0.15) is 18.7 Å². The van der Waals surface area contributed by atoms with Crippen LogP contribution < -0.4 is 5.32 Å². The molecule has 1 heterocycles. The fourth-order valence-corrected chi connectivity index (χ4v) is 5.68. The van der Waals surface area contributed by atoms with E-state index in [4.69, 9.17) is 4.74 Å². The number of nitrogens with zero attached hydrogens (tertiary/aromatic N) is 1. The van der Waals surface area contributed by atoms with Crippen molar-refractivity contribution in [3.05, 3.63) is 59.7 Å². The Hall–Kier alpha value is -3.00. The first-order chi connectivity index (χ1) is 16.2. The zero-order chi connectivity index (χ0) is 24.5. The summed E-state index contributed by atoms with van der Waals surface area (Å²) in [6, 6.07) is 14.4. The average Bonchev–Trinajstić information content (AvgIpc) is 3.14. The summed E-state index contributed by atoms with van der Waals surface area (Å²) < 4.78 is 5.64. The monoisotopic (exact) mass is 482 g/mol. The van der Waals surface area contributed by atoms with E-state index < -0.39 is 35.5 Å². The lowest BCUT2D eigenvalue weighted by Crippen LogP contribution is -2.60. The largest absolute Gasteiger partial charge is 0.480 e. The van der Waals surface area contributed by atoms with E-state index in [0.29, 0.717) is 18.1 Å². The number of benzene rings is 2. The number of nitrogens with one attached hydrogen (secondary N) is 1. The summed E-state index contributed by atoms with van der Waals surface area (Å²) in [6.07, 6.45) is -0.687. The van der Waals surface area contributed by atoms with E-state index in [2.05, 4.69) is 17.4 Å². The maximum atomic E-state index is 13.4. The van der Waals surface area contributed by atoms with Gasteiger partial charge in [0.2, 0.25) is 5.91 Å². The Morgan fingerprint density at radius 3 is 2.24 bits per heavy atom. The number of hydrogen-bond acceptors (Lipinski definition) is 5. The quantitative estimate of drug-likeness (QED) is 0.670. The molecule has 34 heavy (non-hydrogen) atoms. The van der Waals surface area contributed by atoms with Crippen LogP contribution in [0.25, 0.3) is 11.1 Å². The fraction of sp³-hybridized carbons (Fsp3) is 0.423. The molecular formula is C26H30N2O5S. The van der Waals surface area contributed by atoms with Gasteiger partial charge in [0.05, 0.1) is 0 Å². The van der Waals surface area contributed by atoms with Crippen molar-refractivity contribution >= 4 is 29.7 Å². The van der Waals surface area contributed by atoms with Gasteiger partial charge in [-0.25, -0.2) is 9.59 Å². The molecular weight excluding hydrogens is 452 g/mol. The number of fused-ring (bicyclic) bond motifs is 3. The van der Waals surface area contributed by atoms with Crippen LogP contribution in [0.2, 0.25) is 0 Å². The van der Waals surface area contributed by atoms with Crippen LogP contribution in [0.15, 0.2) is 48.5 Å². The van der Waals surface area contributed by atoms with E-state index in [0.717, 1.165) is 22.3 Å². The highest BCUT2D eigenvalue weighted by molar-refractivity contribution is 7.99. The minimum absolute atomic E-state index is 0.0857. The van der Waals surface area contributed by atoms with Crippen molar-refractivity contribution in [2.45, 2.75) is 38.8 Å². The number of carbonyl (C=O) groups is 3. The third kappa shape index (κ3) is 4.78. The van der Waals surface area contributed by atoms with Crippen molar-refractivity contribution in [2.24, 2.45) is 5.41 Å². The Kier molecular flexibility index (Phi) is 6.89. The smallest absolute Gasteiger partial charge is 0.407 e. The number of thioether (sulfide) groups is 1. The average molecular weight is 483 g/mol. The minimum Gasteiger partial charge on any atom is -0.480 e. The summed E-state index contributed by atoms with van der Waals surface area (Å²) >= 11 is 1.51. The van der Waals surface area contributed by atoms with E-state index in [-0.39, 0.29) is 12.5 Å². The fourth-order valence-electron chi connectivity index (χ4n) is 4.64. The molecule has 7 nitrogen and oxygen atoms in total. The predicted octanol–water partition coefficient (Wildman–Crippen LogP) is 3.97. The van der Waals surface area contributed by atoms with Crippen LogP contribution >= 0.6 is 11.8 Å². The van der Waals surface area contributed by atoms with Crippen molar-refractivity contribution in [3.8, 4) is 11.1 Å². The number of rotatable bonds is 5. The molecule has 2 aliphatic rings. The van der Waals surface area contributed by atoms with Crippen LogP contribution in [-0.4, -0.2) is 64.7 Å². The van der Waals surface area contributed by atoms with Crippen molar-refractivity contribution in [3.63, 3.8) is 0 Å². The standard InChI is InChI=1S/C26H30N2O5S/c1-26(2,3)22(23(29)28-12-13-34-15-21(28)24(30)31)27-25(32)33-14-20-18-10-6-4-8-16(18)17-9-5-7-11-19(17)20/h4-11,20-22H,12-15H2,1-3H3,(H,27,32)(H,30,31)/t21?,22-/m1/s1. The molecule has 2 aromatic rings. The molecule has 0 saturated carbocycles. The van der Waals surface area contributed by atoms with Crippen LogP contribution in [0.5, 0.6) is 0 Å². The lowest BCUT2D eigenvalue weighted by molar-refractivity contribution is -0.151. The number of aliphatic carboxylic acids is 1. The lowest BCUT2D eigenvalue weighted by atomic mass is 9.85. The number of hydrogen-bond donors (Lipinski definition) is 2. The van der Waals surface area contributed by atoms with Crippen LogP contribution in [0, 0.1) is 5.41 Å². The Morgan fingerprint density at radius 1 is 1.09 bits per heavy atom. The Labute approximate surface area is 203 Å². The van der Waals surface area contributed by atoms with Crippen LogP contribution in [-0.2, 0) is 14.3 Å². The van der Waals surface area contributed by atoms with Gasteiger partial charge < -0.3 is 20.1 Å². The number of carboxylic acid groups (broad SMARTS) is 1. The van der Waals surface area contributed by atoms with Gasteiger partial charge in [-0.05, 0) is 27.7 Å². The summed E-state index contributed by atoms with van der Waals surface area (Å²) in [5, 5.41) is 12.3. The molecule has 1 aliphatic carbocycles. The highest BCUT2D eigenvalue weighted by Crippen LogP contribution is 2.44. The topological polar surface area (TPSA) is 95.9 Å². The molecule has 2 amide bonds. The van der Waals surface area contributed by atoms with E-state index in [1.54, 1.807) is 0 Å². The highest BCUT2D eigenvalue weighted by Gasteiger charge is 2.41. The molecule has 1 aliphatic heterocycles. The first kappa shape index (κ1) is 24.1. The molecule has 1 saturated heterocycles. The number of ether oxygens (including phenoxy) is 1. The Balaban J connectivity index is 1.47. The van der Waals surface area contributed by atoms with Gasteiger partial charge in [-0.2, -0.15) is 11.8 Å². The molecule has 8 heteroatoms. The second kappa shape index (κ2) is 9.70.